The van der Waals surface area contributed by atoms with Crippen LogP contribution in [0.15, 0.2) is 30.3 Å². The molecule has 0 saturated carbocycles. The molecule has 1 rings (SSSR count). The zero-order valence-electron chi connectivity index (χ0n) is 11.3. The lowest BCUT2D eigenvalue weighted by Gasteiger charge is -2.26. The van der Waals surface area contributed by atoms with E-state index in [-0.39, 0.29) is 12.6 Å². The minimum absolute atomic E-state index is 0.00424. The molecule has 0 aliphatic heterocycles. The van der Waals surface area contributed by atoms with Gasteiger partial charge < -0.3 is 0 Å². The SMILES string of the molecule is C#CCN(C)C(COS(C)(=N)=O)Cc1ccccc1. The Bertz CT molecular complexity index is 520. The van der Waals surface area contributed by atoms with Crippen LogP contribution >= 0.6 is 0 Å². The van der Waals surface area contributed by atoms with Gasteiger partial charge in [0, 0.05) is 12.3 Å². The highest BCUT2D eigenvalue weighted by molar-refractivity contribution is 7.87. The molecule has 2 atom stereocenters. The molecule has 0 saturated heterocycles. The van der Waals surface area contributed by atoms with Crippen LogP contribution < -0.4 is 0 Å². The fraction of sp³-hybridized carbons (Fsp3) is 0.429. The summed E-state index contributed by atoms with van der Waals surface area (Å²) in [4.78, 5) is 1.97. The lowest BCUT2D eigenvalue weighted by atomic mass is 10.1. The van der Waals surface area contributed by atoms with Crippen molar-refractivity contribution in [1.82, 2.24) is 4.90 Å². The number of benzene rings is 1. The molecule has 0 spiro atoms. The lowest BCUT2D eigenvalue weighted by Crippen LogP contribution is -2.38. The average molecular weight is 280 g/mol. The summed E-state index contributed by atoms with van der Waals surface area (Å²) in [5.41, 5.74) is 1.16. The summed E-state index contributed by atoms with van der Waals surface area (Å²) >= 11 is 0. The van der Waals surface area contributed by atoms with Crippen LogP contribution in [0.25, 0.3) is 0 Å². The Morgan fingerprint density at radius 2 is 2.11 bits per heavy atom. The summed E-state index contributed by atoms with van der Waals surface area (Å²) in [5.74, 6) is 2.58. The van der Waals surface area contributed by atoms with Gasteiger partial charge in [-0.25, -0.2) is 8.99 Å². The van der Waals surface area contributed by atoms with Crippen LogP contribution in [0.1, 0.15) is 5.56 Å². The highest BCUT2D eigenvalue weighted by Crippen LogP contribution is 2.09. The van der Waals surface area contributed by atoms with Gasteiger partial charge >= 0.3 is 0 Å². The molecule has 0 bridgehead atoms. The van der Waals surface area contributed by atoms with Crippen molar-refractivity contribution in [3.63, 3.8) is 0 Å². The van der Waals surface area contributed by atoms with Crippen LogP contribution in [0.5, 0.6) is 0 Å². The molecule has 0 radical (unpaired) electrons. The zero-order valence-corrected chi connectivity index (χ0v) is 12.2. The second-order valence-electron chi connectivity index (χ2n) is 4.52. The van der Waals surface area contributed by atoms with Crippen LogP contribution in [0.4, 0.5) is 0 Å². The molecule has 19 heavy (non-hydrogen) atoms. The zero-order chi connectivity index (χ0) is 14.3. The molecule has 0 heterocycles. The maximum absolute atomic E-state index is 11.3. The third kappa shape index (κ3) is 6.39. The summed E-state index contributed by atoms with van der Waals surface area (Å²) in [5, 5.41) is 0. The minimum atomic E-state index is -2.94. The lowest BCUT2D eigenvalue weighted by molar-refractivity contribution is 0.183. The molecule has 0 aliphatic carbocycles. The van der Waals surface area contributed by atoms with Crippen molar-refractivity contribution in [3.05, 3.63) is 35.9 Å². The van der Waals surface area contributed by atoms with Crippen molar-refractivity contribution in [2.45, 2.75) is 12.5 Å². The quantitative estimate of drug-likeness (QED) is 0.775. The number of hydrogen-bond donors (Lipinski definition) is 1. The van der Waals surface area contributed by atoms with E-state index in [4.69, 9.17) is 15.4 Å². The van der Waals surface area contributed by atoms with Crippen molar-refractivity contribution in [1.29, 1.82) is 4.78 Å². The first-order valence-electron chi connectivity index (χ1n) is 5.98. The Labute approximate surface area is 116 Å². The van der Waals surface area contributed by atoms with Gasteiger partial charge in [-0.2, -0.15) is 0 Å². The number of hydrogen-bond acceptors (Lipinski definition) is 4. The molecule has 0 aliphatic rings. The monoisotopic (exact) mass is 280 g/mol. The van der Waals surface area contributed by atoms with Gasteiger partial charge in [0.2, 0.25) is 0 Å². The highest BCUT2D eigenvalue weighted by Gasteiger charge is 2.16. The van der Waals surface area contributed by atoms with Crippen molar-refractivity contribution in [3.8, 4) is 12.3 Å². The second kappa shape index (κ2) is 7.29. The maximum atomic E-state index is 11.3. The highest BCUT2D eigenvalue weighted by atomic mass is 32.2. The topological polar surface area (TPSA) is 53.4 Å². The van der Waals surface area contributed by atoms with Gasteiger partial charge in [0.05, 0.1) is 13.2 Å². The Hall–Kier alpha value is -1.35. The third-order valence-corrected chi connectivity index (χ3v) is 3.35. The largest absolute Gasteiger partial charge is 0.290 e. The number of likely N-dealkylation sites (N-methyl/N-ethyl adjacent to an activating group) is 1. The summed E-state index contributed by atoms with van der Waals surface area (Å²) in [6.07, 6.45) is 7.33. The summed E-state index contributed by atoms with van der Waals surface area (Å²) in [7, 11) is -1.04. The van der Waals surface area contributed by atoms with Gasteiger partial charge in [0.1, 0.15) is 0 Å². The Morgan fingerprint density at radius 1 is 1.47 bits per heavy atom. The standard InChI is InChI=1S/C14H20N2O2S/c1-4-10-16(2)14(12-18-19(3,15)17)11-13-8-6-5-7-9-13/h1,5-9,14-15H,10-12H2,2-3H3. The van der Waals surface area contributed by atoms with E-state index in [9.17, 15) is 4.21 Å². The molecule has 0 fully saturated rings. The molecule has 4 nitrogen and oxygen atoms in total. The van der Waals surface area contributed by atoms with Crippen LogP contribution in [0.2, 0.25) is 0 Å². The fourth-order valence-electron chi connectivity index (χ4n) is 1.71. The van der Waals surface area contributed by atoms with Crippen molar-refractivity contribution >= 4 is 10.0 Å². The van der Waals surface area contributed by atoms with E-state index >= 15 is 0 Å². The van der Waals surface area contributed by atoms with Gasteiger partial charge in [-0.3, -0.25) is 9.08 Å². The molecule has 0 amide bonds. The van der Waals surface area contributed by atoms with Gasteiger partial charge in [-0.1, -0.05) is 36.3 Å². The van der Waals surface area contributed by atoms with E-state index in [1.165, 1.54) is 6.26 Å². The molecule has 1 aromatic rings. The van der Waals surface area contributed by atoms with Crippen molar-refractivity contribution in [2.24, 2.45) is 0 Å². The third-order valence-electron chi connectivity index (χ3n) is 2.76. The first-order valence-corrected chi connectivity index (χ1v) is 7.87. The van der Waals surface area contributed by atoms with Crippen LogP contribution in [0.3, 0.4) is 0 Å². The Kier molecular flexibility index (Phi) is 6.03. The molecule has 5 heteroatoms. The van der Waals surface area contributed by atoms with Crippen LogP contribution in [0, 0.1) is 17.1 Å². The second-order valence-corrected chi connectivity index (χ2v) is 6.30. The van der Waals surface area contributed by atoms with Gasteiger partial charge in [-0.05, 0) is 19.0 Å². The van der Waals surface area contributed by atoms with Crippen LogP contribution in [-0.2, 0) is 20.6 Å². The normalized spacial score (nSPS) is 15.7. The molecule has 1 aromatic carbocycles. The Balaban J connectivity index is 2.72. The Morgan fingerprint density at radius 3 is 2.63 bits per heavy atom. The predicted molar refractivity (Wildman–Crippen MR) is 78.1 cm³/mol. The summed E-state index contributed by atoms with van der Waals surface area (Å²) in [6, 6.07) is 9.97. The molecule has 104 valence electrons. The molecule has 0 aromatic heterocycles. The molecular formula is C14H20N2O2S. The fourth-order valence-corrected chi connectivity index (χ4v) is 2.13. The summed E-state index contributed by atoms with van der Waals surface area (Å²) < 4.78 is 23.7. The number of nitrogens with zero attached hydrogens (tertiary/aromatic N) is 1. The number of rotatable bonds is 7. The predicted octanol–water partition coefficient (Wildman–Crippen LogP) is 1.77. The van der Waals surface area contributed by atoms with Crippen molar-refractivity contribution in [2.75, 3.05) is 26.5 Å². The van der Waals surface area contributed by atoms with Crippen molar-refractivity contribution < 1.29 is 8.39 Å². The minimum Gasteiger partial charge on any atom is -0.290 e. The van der Waals surface area contributed by atoms with E-state index in [1.54, 1.807) is 0 Å². The van der Waals surface area contributed by atoms with Gasteiger partial charge in [0.15, 0.2) is 10.0 Å². The van der Waals surface area contributed by atoms with Crippen LogP contribution in [-0.4, -0.2) is 41.6 Å². The summed E-state index contributed by atoms with van der Waals surface area (Å²) in [6.45, 7) is 0.718. The number of terminal acetylenes is 1. The van der Waals surface area contributed by atoms with Gasteiger partial charge in [0.25, 0.3) is 0 Å². The molecular weight excluding hydrogens is 260 g/mol. The number of nitrogens with one attached hydrogen (secondary N) is 1. The average Bonchev–Trinajstić information content (AvgIpc) is 2.35. The van der Waals surface area contributed by atoms with E-state index in [0.717, 1.165) is 12.0 Å². The first-order chi connectivity index (χ1) is 8.92. The van der Waals surface area contributed by atoms with E-state index in [2.05, 4.69) is 5.92 Å². The molecule has 1 N–H and O–H groups in total. The van der Waals surface area contributed by atoms with Gasteiger partial charge in [-0.15, -0.1) is 6.42 Å². The van der Waals surface area contributed by atoms with E-state index in [1.807, 2.05) is 42.3 Å². The van der Waals surface area contributed by atoms with E-state index < -0.39 is 10.0 Å². The smallest absolute Gasteiger partial charge is 0.157 e. The molecule has 2 unspecified atom stereocenters. The first kappa shape index (κ1) is 15.7. The maximum Gasteiger partial charge on any atom is 0.157 e. The van der Waals surface area contributed by atoms with E-state index in [0.29, 0.717) is 6.54 Å².